The number of nitrogens with zero attached hydrogens (tertiary/aromatic N) is 6. The Bertz CT molecular complexity index is 6390. The van der Waals surface area contributed by atoms with Crippen molar-refractivity contribution in [1.29, 1.82) is 0 Å². The Hall–Kier alpha value is -13.1. The van der Waals surface area contributed by atoms with E-state index in [1.165, 1.54) is 44.0 Å². The zero-order valence-electron chi connectivity index (χ0n) is 53.7. The van der Waals surface area contributed by atoms with Crippen LogP contribution in [0.3, 0.4) is 0 Å². The van der Waals surface area contributed by atoms with Crippen molar-refractivity contribution < 1.29 is 13.6 Å². The van der Waals surface area contributed by atoms with Gasteiger partial charge in [0.05, 0.1) is 24.5 Å². The molecule has 9 heteroatoms. The first-order chi connectivity index (χ1) is 49.0. The number of methoxy groups -OCH3 is 1. The summed E-state index contributed by atoms with van der Waals surface area (Å²) >= 11 is 0. The van der Waals surface area contributed by atoms with Gasteiger partial charge in [0.2, 0.25) is 0 Å². The molecule has 0 fully saturated rings. The quantitative estimate of drug-likeness (QED) is 0.118. The van der Waals surface area contributed by atoms with Gasteiger partial charge in [0.25, 0.3) is 0 Å². The summed E-state index contributed by atoms with van der Waals surface area (Å²) in [6.45, 7) is 0.661. The first-order valence-corrected chi connectivity index (χ1v) is 33.5. The number of benzene rings is 11. The average molecular weight is 1270 g/mol. The minimum Gasteiger partial charge on any atom is -0.497 e. The Labute approximate surface area is 569 Å². The van der Waals surface area contributed by atoms with E-state index in [1.807, 2.05) is 55.2 Å². The Balaban J connectivity index is 0.878. The van der Waals surface area contributed by atoms with Crippen molar-refractivity contribution in [1.82, 2.24) is 15.0 Å². The molecule has 1 unspecified atom stereocenters. The van der Waals surface area contributed by atoms with Crippen LogP contribution in [0.25, 0.3) is 142 Å². The number of anilines is 5. The van der Waals surface area contributed by atoms with Crippen molar-refractivity contribution in [2.75, 3.05) is 28.4 Å². The molecule has 99 heavy (non-hydrogen) atoms. The molecule has 5 aromatic heterocycles. The van der Waals surface area contributed by atoms with E-state index < -0.39 is 0 Å². The van der Waals surface area contributed by atoms with E-state index in [4.69, 9.17) is 23.5 Å². The van der Waals surface area contributed by atoms with Crippen LogP contribution in [0, 0.1) is 0 Å². The van der Waals surface area contributed by atoms with Crippen molar-refractivity contribution in [3.63, 3.8) is 0 Å². The average Bonchev–Trinajstić information content (AvgIpc) is 1.57. The molecule has 9 nitrogen and oxygen atoms in total. The molecule has 17 aromatic rings. The molecule has 1 aliphatic carbocycles. The number of pyridine rings is 3. The first-order valence-electron chi connectivity index (χ1n) is 33.5. The molecule has 0 saturated carbocycles. The number of fused-ring (bicyclic) bond motifs is 6. The number of rotatable bonds is 11. The topological polar surface area (TPSA) is 83.9 Å². The number of allylic oxidation sites excluding steroid dienone is 6. The lowest BCUT2D eigenvalue weighted by Crippen LogP contribution is -2.34. The van der Waals surface area contributed by atoms with Gasteiger partial charge in [-0.3, -0.25) is 14.9 Å². The predicted molar refractivity (Wildman–Crippen MR) is 409 cm³/mol. The summed E-state index contributed by atoms with van der Waals surface area (Å²) in [4.78, 5) is 21.7. The van der Waals surface area contributed by atoms with Gasteiger partial charge in [-0.15, -0.1) is 0 Å². The van der Waals surface area contributed by atoms with Gasteiger partial charge in [-0.1, -0.05) is 158 Å². The normalized spacial score (nSPS) is 14.6. The van der Waals surface area contributed by atoms with Gasteiger partial charge in [0, 0.05) is 117 Å². The molecule has 7 heterocycles. The smallest absolute Gasteiger partial charge is 0.160 e. The van der Waals surface area contributed by atoms with Crippen LogP contribution >= 0.6 is 0 Å². The summed E-state index contributed by atoms with van der Waals surface area (Å²) in [6.07, 6.45) is 29.7. The van der Waals surface area contributed by atoms with Crippen molar-refractivity contribution in [2.45, 2.75) is 6.04 Å². The molecule has 466 valence electrons. The molecule has 1 atom stereocenters. The van der Waals surface area contributed by atoms with E-state index in [-0.39, 0.29) is 6.04 Å². The zero-order valence-corrected chi connectivity index (χ0v) is 53.7. The highest BCUT2D eigenvalue weighted by molar-refractivity contribution is 6.38. The summed E-state index contributed by atoms with van der Waals surface area (Å²) < 4.78 is 21.1. The lowest BCUT2D eigenvalue weighted by Gasteiger charge is -2.35. The van der Waals surface area contributed by atoms with Gasteiger partial charge >= 0.3 is 0 Å². The second-order valence-electron chi connectivity index (χ2n) is 25.8. The van der Waals surface area contributed by atoms with Gasteiger partial charge in [0.15, 0.2) is 5.58 Å². The highest BCUT2D eigenvalue weighted by atomic mass is 16.5. The predicted octanol–water partition coefficient (Wildman–Crippen LogP) is 23.1. The zero-order chi connectivity index (χ0) is 65.2. The van der Waals surface area contributed by atoms with Crippen LogP contribution in [0.1, 0.15) is 11.1 Å². The van der Waals surface area contributed by atoms with Crippen LogP contribution in [0.4, 0.5) is 28.6 Å². The summed E-state index contributed by atoms with van der Waals surface area (Å²) in [5, 5.41) is 15.0. The molecule has 3 aliphatic rings. The third kappa shape index (κ3) is 9.19. The van der Waals surface area contributed by atoms with E-state index >= 15 is 0 Å². The van der Waals surface area contributed by atoms with Crippen molar-refractivity contribution in [3.8, 4) is 39.1 Å². The summed E-state index contributed by atoms with van der Waals surface area (Å²) in [5.41, 5.74) is 18.6. The van der Waals surface area contributed by atoms with Crippen molar-refractivity contribution >= 4 is 137 Å². The van der Waals surface area contributed by atoms with Crippen LogP contribution in [0.5, 0.6) is 5.75 Å². The highest BCUT2D eigenvalue weighted by Gasteiger charge is 2.32. The number of hydrogen-bond acceptors (Lipinski definition) is 9. The molecule has 0 bridgehead atoms. The summed E-state index contributed by atoms with van der Waals surface area (Å²) in [6, 6.07) is 82.6. The van der Waals surface area contributed by atoms with Crippen LogP contribution < -0.4 is 19.4 Å². The molecule has 20 rings (SSSR count). The van der Waals surface area contributed by atoms with Gasteiger partial charge in [-0.2, -0.15) is 0 Å². The lowest BCUT2D eigenvalue weighted by atomic mass is 9.84. The fourth-order valence-electron chi connectivity index (χ4n) is 15.7. The number of ether oxygens (including phenoxy) is 1. The molecular formula is C90H58N6O3. The summed E-state index contributed by atoms with van der Waals surface area (Å²) in [7, 11) is 1.70. The third-order valence-electron chi connectivity index (χ3n) is 20.4. The van der Waals surface area contributed by atoms with E-state index in [2.05, 4.69) is 281 Å². The van der Waals surface area contributed by atoms with Crippen LogP contribution in [-0.2, 0) is 0 Å². The first kappa shape index (κ1) is 56.3. The number of aromatic nitrogens is 3. The number of furan rings is 2. The van der Waals surface area contributed by atoms with Crippen LogP contribution in [0.2, 0.25) is 0 Å². The van der Waals surface area contributed by atoms with E-state index in [1.54, 1.807) is 7.11 Å². The second kappa shape index (κ2) is 22.5. The Morgan fingerprint density at radius 1 is 0.455 bits per heavy atom. The lowest BCUT2D eigenvalue weighted by molar-refractivity contribution is 0.415. The van der Waals surface area contributed by atoms with Crippen molar-refractivity contribution in [2.24, 2.45) is 0 Å². The molecule has 0 spiro atoms. The fraction of sp³-hybridized carbons (Fsp3) is 0.0333. The van der Waals surface area contributed by atoms with Crippen LogP contribution in [0.15, 0.2) is 331 Å². The van der Waals surface area contributed by atoms with Crippen molar-refractivity contribution in [3.05, 3.63) is 333 Å². The van der Waals surface area contributed by atoms with E-state index in [0.29, 0.717) is 12.1 Å². The Morgan fingerprint density at radius 2 is 1.18 bits per heavy atom. The Morgan fingerprint density at radius 3 is 2.02 bits per heavy atom. The SMILES string of the molecule is COc1cccc(-c2cncc(-c3cc4oc5c(N(c6ccc(-c7ccncc7)cn6)c6cccc7cc8ccccc8cc67)ccc6c7cc(N8C=CC(c9ccccc9)=CC8)cc8oc9cc(N%10C=CC=C%11C(c%12cccc%13ccccc%12%13)=CC=CC%11%10)cc(c(c3)c4c56)c9c87)c2)c1. The van der Waals surface area contributed by atoms with E-state index in [0.717, 1.165) is 144 Å². The maximum absolute atomic E-state index is 7.86. The Kier molecular flexibility index (Phi) is 12.8. The molecule has 0 amide bonds. The molecule has 2 aliphatic heterocycles. The molecule has 0 radical (unpaired) electrons. The third-order valence-corrected chi connectivity index (χ3v) is 20.4. The maximum Gasteiger partial charge on any atom is 0.160 e. The van der Waals surface area contributed by atoms with Gasteiger partial charge in [-0.25, -0.2) is 4.98 Å². The monoisotopic (exact) mass is 1270 g/mol. The van der Waals surface area contributed by atoms with Gasteiger partial charge < -0.3 is 23.4 Å². The highest BCUT2D eigenvalue weighted by Crippen LogP contribution is 2.53. The molecule has 0 saturated heterocycles. The van der Waals surface area contributed by atoms with Crippen LogP contribution in [-0.4, -0.2) is 34.6 Å². The fourth-order valence-corrected chi connectivity index (χ4v) is 15.7. The van der Waals surface area contributed by atoms with Gasteiger partial charge in [-0.05, 0) is 196 Å². The standard InChI is InChI=1S/C90H58N6O3/c1-97-69-22-9-20-60(44-69)65-43-66(53-92-52-65)64-46-76-78-49-68(95-39-13-26-73-72(25-12-27-79(73)95)71-24-10-19-58-16-7-8-23-70(58)71)51-84-87(78)86-77(48-67(50-83(86)98-84)94-40-35-57(36-41-94)55-14-3-2-4-15-55)74-30-31-81(90-89(74)88(76)82(47-64)99-90)96(85-32-29-63(54-93-85)56-33-37-91-38-34-56)80-28-11-21-62-42-59-17-5-6-18-61(59)45-75(62)80/h2-40,42-54,79H,41H2,1H3. The second-order valence-corrected chi connectivity index (χ2v) is 25.8. The minimum atomic E-state index is -0.135. The maximum atomic E-state index is 7.86. The molecular weight excluding hydrogens is 1210 g/mol. The molecule has 12 aromatic carbocycles. The van der Waals surface area contributed by atoms with Gasteiger partial charge in [0.1, 0.15) is 28.3 Å². The number of hydrogen-bond donors (Lipinski definition) is 0. The van der Waals surface area contributed by atoms with E-state index in [9.17, 15) is 0 Å². The largest absolute Gasteiger partial charge is 0.497 e. The summed E-state index contributed by atoms with van der Waals surface area (Å²) in [5.74, 6) is 1.50. The molecule has 0 N–H and O–H groups in total. The minimum absolute atomic E-state index is 0.135.